The van der Waals surface area contributed by atoms with Crippen LogP contribution in [-0.2, 0) is 4.79 Å². The van der Waals surface area contributed by atoms with Crippen molar-refractivity contribution in [2.45, 2.75) is 26.1 Å². The number of rotatable bonds is 1. The Morgan fingerprint density at radius 2 is 1.94 bits per heavy atom. The molecule has 102 valence electrons. The van der Waals surface area contributed by atoms with E-state index in [-0.39, 0.29) is 0 Å². The second kappa shape index (κ2) is 6.80. The number of hydrogen-bond donors (Lipinski definition) is 2. The van der Waals surface area contributed by atoms with Gasteiger partial charge < -0.3 is 15.3 Å². The third kappa shape index (κ3) is 6.48. The van der Waals surface area contributed by atoms with Crippen molar-refractivity contribution >= 4 is 5.97 Å². The van der Waals surface area contributed by atoms with Gasteiger partial charge in [-0.25, -0.2) is 4.79 Å². The van der Waals surface area contributed by atoms with E-state index in [1.165, 1.54) is 6.54 Å². The van der Waals surface area contributed by atoms with Gasteiger partial charge in [-0.05, 0) is 13.0 Å². The van der Waals surface area contributed by atoms with E-state index in [0.717, 1.165) is 25.0 Å². The Kier molecular flexibility index (Phi) is 6.48. The number of carboxylic acid groups (broad SMARTS) is 1. The fraction of sp³-hybridized carbons (Fsp3) is 0.900. The van der Waals surface area contributed by atoms with Crippen LogP contribution < -0.4 is 5.32 Å². The van der Waals surface area contributed by atoms with E-state index in [4.69, 9.17) is 9.90 Å². The summed E-state index contributed by atoms with van der Waals surface area (Å²) < 4.78 is 31.7. The van der Waals surface area contributed by atoms with E-state index in [1.807, 2.05) is 0 Å². The molecule has 0 spiro atoms. The molecule has 1 atom stereocenters. The summed E-state index contributed by atoms with van der Waals surface area (Å²) in [5, 5.41) is 10.5. The first-order valence-electron chi connectivity index (χ1n) is 5.37. The molecule has 1 aliphatic rings. The number of aliphatic carboxylic acids is 1. The van der Waals surface area contributed by atoms with Crippen LogP contribution in [0.5, 0.6) is 0 Å². The summed E-state index contributed by atoms with van der Waals surface area (Å²) >= 11 is 0. The first-order valence-corrected chi connectivity index (χ1v) is 5.37. The fourth-order valence-corrected chi connectivity index (χ4v) is 1.57. The molecule has 1 saturated heterocycles. The summed E-state index contributed by atoms with van der Waals surface area (Å²) in [5.74, 6) is -1.98. The number of hydrogen-bond acceptors (Lipinski definition) is 3. The maximum absolute atomic E-state index is 10.6. The summed E-state index contributed by atoms with van der Waals surface area (Å²) in [4.78, 5) is 11.3. The average molecular weight is 256 g/mol. The molecule has 0 unspecified atom stereocenters. The van der Waals surface area contributed by atoms with Crippen molar-refractivity contribution in [2.24, 2.45) is 5.92 Å². The van der Waals surface area contributed by atoms with Crippen LogP contribution in [0.25, 0.3) is 0 Å². The lowest BCUT2D eigenvalue weighted by Gasteiger charge is -2.35. The minimum Gasteiger partial charge on any atom is -0.475 e. The molecule has 7 heteroatoms. The van der Waals surface area contributed by atoms with Crippen LogP contribution in [0, 0.1) is 5.92 Å². The van der Waals surface area contributed by atoms with Gasteiger partial charge in [0.05, 0.1) is 0 Å². The molecule has 0 aliphatic carbocycles. The fourth-order valence-electron chi connectivity index (χ4n) is 1.57. The molecule has 2 N–H and O–H groups in total. The largest absolute Gasteiger partial charge is 0.490 e. The number of likely N-dealkylation sites (N-methyl/N-ethyl adjacent to an activating group) is 1. The zero-order valence-corrected chi connectivity index (χ0v) is 10.2. The van der Waals surface area contributed by atoms with E-state index in [1.54, 1.807) is 0 Å². The van der Waals surface area contributed by atoms with Crippen molar-refractivity contribution in [3.8, 4) is 0 Å². The van der Waals surface area contributed by atoms with Crippen LogP contribution >= 0.6 is 0 Å². The van der Waals surface area contributed by atoms with Gasteiger partial charge in [-0.1, -0.05) is 13.8 Å². The maximum Gasteiger partial charge on any atom is 0.490 e. The quantitative estimate of drug-likeness (QED) is 0.739. The van der Waals surface area contributed by atoms with Gasteiger partial charge in [0.1, 0.15) is 0 Å². The average Bonchev–Trinajstić information content (AvgIpc) is 2.17. The van der Waals surface area contributed by atoms with Gasteiger partial charge in [0, 0.05) is 25.7 Å². The first kappa shape index (κ1) is 16.2. The highest BCUT2D eigenvalue weighted by atomic mass is 19.4. The lowest BCUT2D eigenvalue weighted by molar-refractivity contribution is -0.192. The van der Waals surface area contributed by atoms with Gasteiger partial charge in [0.2, 0.25) is 0 Å². The van der Waals surface area contributed by atoms with Gasteiger partial charge in [0.15, 0.2) is 0 Å². The van der Waals surface area contributed by atoms with Crippen molar-refractivity contribution in [1.29, 1.82) is 0 Å². The SMILES string of the molecule is CC(C)[C@@H]1CNCCN1C.O=C(O)C(F)(F)F. The molecule has 0 aromatic heterocycles. The molecule has 0 bridgehead atoms. The molecule has 0 aromatic rings. The third-order valence-electron chi connectivity index (χ3n) is 2.57. The predicted molar refractivity (Wildman–Crippen MR) is 57.8 cm³/mol. The van der Waals surface area contributed by atoms with Crippen molar-refractivity contribution in [2.75, 3.05) is 26.7 Å². The topological polar surface area (TPSA) is 52.6 Å². The van der Waals surface area contributed by atoms with Gasteiger partial charge in [-0.2, -0.15) is 13.2 Å². The number of carboxylic acids is 1. The maximum atomic E-state index is 10.6. The Balaban J connectivity index is 0.000000325. The van der Waals surface area contributed by atoms with Crippen LogP contribution in [-0.4, -0.2) is 54.9 Å². The summed E-state index contributed by atoms with van der Waals surface area (Å²) in [6.45, 7) is 8.08. The lowest BCUT2D eigenvalue weighted by Crippen LogP contribution is -2.51. The second-order valence-electron chi connectivity index (χ2n) is 4.30. The van der Waals surface area contributed by atoms with Gasteiger partial charge in [-0.15, -0.1) is 0 Å². The van der Waals surface area contributed by atoms with Crippen molar-refractivity contribution in [3.05, 3.63) is 0 Å². The minimum atomic E-state index is -5.08. The number of carbonyl (C=O) groups is 1. The summed E-state index contributed by atoms with van der Waals surface area (Å²) in [7, 11) is 2.21. The molecule has 1 fully saturated rings. The molecule has 1 heterocycles. The van der Waals surface area contributed by atoms with Crippen LogP contribution in [0.1, 0.15) is 13.8 Å². The molecule has 0 radical (unpaired) electrons. The number of piperazine rings is 1. The minimum absolute atomic E-state index is 0.744. The number of nitrogens with zero attached hydrogens (tertiary/aromatic N) is 1. The second-order valence-corrected chi connectivity index (χ2v) is 4.30. The Bertz CT molecular complexity index is 244. The molecular weight excluding hydrogens is 237 g/mol. The number of nitrogens with one attached hydrogen (secondary N) is 1. The van der Waals surface area contributed by atoms with Crippen LogP contribution in [0.4, 0.5) is 13.2 Å². The first-order chi connectivity index (χ1) is 7.66. The Labute approximate surface area is 98.8 Å². The molecule has 1 aliphatic heterocycles. The highest BCUT2D eigenvalue weighted by Crippen LogP contribution is 2.13. The summed E-state index contributed by atoms with van der Waals surface area (Å²) in [6.07, 6.45) is -5.08. The normalized spacial score (nSPS) is 21.9. The van der Waals surface area contributed by atoms with Crippen molar-refractivity contribution in [3.63, 3.8) is 0 Å². The van der Waals surface area contributed by atoms with E-state index >= 15 is 0 Å². The monoisotopic (exact) mass is 256 g/mol. The summed E-state index contributed by atoms with van der Waals surface area (Å²) in [6, 6.07) is 0.744. The number of alkyl halides is 3. The highest BCUT2D eigenvalue weighted by molar-refractivity contribution is 5.73. The number of halogens is 3. The van der Waals surface area contributed by atoms with E-state index < -0.39 is 12.1 Å². The molecule has 0 aromatic carbocycles. The smallest absolute Gasteiger partial charge is 0.475 e. The third-order valence-corrected chi connectivity index (χ3v) is 2.57. The van der Waals surface area contributed by atoms with Gasteiger partial charge >= 0.3 is 12.1 Å². The molecule has 17 heavy (non-hydrogen) atoms. The van der Waals surface area contributed by atoms with E-state index in [0.29, 0.717) is 0 Å². The molecule has 0 saturated carbocycles. The highest BCUT2D eigenvalue weighted by Gasteiger charge is 2.38. The predicted octanol–water partition coefficient (Wildman–Crippen LogP) is 1.18. The van der Waals surface area contributed by atoms with E-state index in [2.05, 4.69) is 31.1 Å². The van der Waals surface area contributed by atoms with Gasteiger partial charge in [-0.3, -0.25) is 0 Å². The zero-order valence-electron chi connectivity index (χ0n) is 10.2. The Morgan fingerprint density at radius 1 is 1.47 bits per heavy atom. The zero-order chi connectivity index (χ0) is 13.6. The Morgan fingerprint density at radius 3 is 2.18 bits per heavy atom. The van der Waals surface area contributed by atoms with E-state index in [9.17, 15) is 13.2 Å². The molecule has 0 amide bonds. The van der Waals surface area contributed by atoms with Crippen molar-refractivity contribution in [1.82, 2.24) is 10.2 Å². The van der Waals surface area contributed by atoms with Crippen LogP contribution in [0.2, 0.25) is 0 Å². The standard InChI is InChI=1S/C8H18N2.C2HF3O2/c1-7(2)8-6-9-4-5-10(8)3;3-2(4,5)1(6)7/h7-9H,4-6H2,1-3H3;(H,6,7)/t8-;/m0./s1. The molecule has 1 rings (SSSR count). The summed E-state index contributed by atoms with van der Waals surface area (Å²) in [5.41, 5.74) is 0. The van der Waals surface area contributed by atoms with Gasteiger partial charge in [0.25, 0.3) is 0 Å². The van der Waals surface area contributed by atoms with Crippen LogP contribution in [0.15, 0.2) is 0 Å². The molecule has 4 nitrogen and oxygen atoms in total. The van der Waals surface area contributed by atoms with Crippen LogP contribution in [0.3, 0.4) is 0 Å². The molecular formula is C10H19F3N2O2. The van der Waals surface area contributed by atoms with Crippen molar-refractivity contribution < 1.29 is 23.1 Å². The lowest BCUT2D eigenvalue weighted by atomic mass is 10.0. The Hall–Kier alpha value is -0.820.